The maximum atomic E-state index is 13.6. The van der Waals surface area contributed by atoms with Crippen LogP contribution in [0.4, 0.5) is 0 Å². The van der Waals surface area contributed by atoms with E-state index < -0.39 is 0 Å². The van der Waals surface area contributed by atoms with Crippen molar-refractivity contribution in [3.8, 4) is 5.75 Å². The van der Waals surface area contributed by atoms with Crippen molar-refractivity contribution < 1.29 is 5.11 Å². The normalized spacial score (nSPS) is 17.4. The molecule has 0 saturated carbocycles. The Morgan fingerprint density at radius 2 is 1.69 bits per heavy atom. The predicted molar refractivity (Wildman–Crippen MR) is 127 cm³/mol. The second-order valence-electron chi connectivity index (χ2n) is 8.12. The number of phenolic OH excluding ortho intramolecular Hbond substituents is 1. The Labute approximate surface area is 188 Å². The third-order valence-corrected chi connectivity index (χ3v) is 7.16. The molecule has 3 aromatic carbocycles. The van der Waals surface area contributed by atoms with Crippen molar-refractivity contribution >= 4 is 23.1 Å². The number of phenols is 1. The van der Waals surface area contributed by atoms with E-state index in [0.717, 1.165) is 34.5 Å². The molecule has 2 heterocycles. The molecule has 6 rings (SSSR count). The number of fused-ring (bicyclic) bond motifs is 3. The molecule has 32 heavy (non-hydrogen) atoms. The second-order valence-corrected chi connectivity index (χ2v) is 9.13. The molecule has 0 spiro atoms. The molecule has 4 nitrogen and oxygen atoms in total. The van der Waals surface area contributed by atoms with E-state index in [1.54, 1.807) is 12.1 Å². The lowest BCUT2D eigenvalue weighted by atomic mass is 9.83. The average Bonchev–Trinajstić information content (AvgIpc) is 3.14. The molecular weight excluding hydrogens is 416 g/mol. The molecule has 1 aromatic heterocycles. The van der Waals surface area contributed by atoms with Gasteiger partial charge in [-0.2, -0.15) is 0 Å². The highest BCUT2D eigenvalue weighted by Gasteiger charge is 2.32. The molecule has 0 saturated heterocycles. The molecule has 0 fully saturated rings. The highest BCUT2D eigenvalue weighted by atomic mass is 32.1. The minimum Gasteiger partial charge on any atom is -0.508 e. The van der Waals surface area contributed by atoms with Crippen LogP contribution in [0.1, 0.15) is 34.7 Å². The Hall–Kier alpha value is -3.70. The van der Waals surface area contributed by atoms with E-state index in [2.05, 4.69) is 36.4 Å². The number of aryl methyl sites for hydroxylation is 1. The molecule has 4 aromatic rings. The number of allylic oxidation sites excluding steroid dienone is 1. The van der Waals surface area contributed by atoms with E-state index in [-0.39, 0.29) is 17.4 Å². The van der Waals surface area contributed by atoms with Gasteiger partial charge in [0.15, 0.2) is 4.80 Å². The van der Waals surface area contributed by atoms with Gasteiger partial charge in [-0.1, -0.05) is 78.1 Å². The first-order chi connectivity index (χ1) is 15.7. The zero-order chi connectivity index (χ0) is 21.7. The van der Waals surface area contributed by atoms with Gasteiger partial charge in [0.2, 0.25) is 0 Å². The van der Waals surface area contributed by atoms with Gasteiger partial charge in [0.05, 0.1) is 16.3 Å². The number of hydrogen-bond donors (Lipinski definition) is 1. The van der Waals surface area contributed by atoms with Crippen molar-refractivity contribution in [3.63, 3.8) is 0 Å². The van der Waals surface area contributed by atoms with Gasteiger partial charge in [-0.05, 0) is 53.3 Å². The molecule has 1 unspecified atom stereocenters. The van der Waals surface area contributed by atoms with Crippen molar-refractivity contribution in [1.82, 2.24) is 4.57 Å². The zero-order valence-electron chi connectivity index (χ0n) is 17.2. The summed E-state index contributed by atoms with van der Waals surface area (Å²) in [5, 5.41) is 9.57. The fourth-order valence-corrected chi connectivity index (χ4v) is 5.68. The van der Waals surface area contributed by atoms with Crippen molar-refractivity contribution in [1.29, 1.82) is 0 Å². The minimum atomic E-state index is -0.155. The minimum absolute atomic E-state index is 0.0268. The molecule has 2 aliphatic rings. The van der Waals surface area contributed by atoms with Gasteiger partial charge >= 0.3 is 0 Å². The van der Waals surface area contributed by atoms with Gasteiger partial charge < -0.3 is 5.11 Å². The number of aromatic nitrogens is 1. The summed E-state index contributed by atoms with van der Waals surface area (Å²) in [4.78, 5) is 19.3. The maximum Gasteiger partial charge on any atom is 0.271 e. The van der Waals surface area contributed by atoms with Gasteiger partial charge in [-0.25, -0.2) is 4.99 Å². The van der Waals surface area contributed by atoms with E-state index >= 15 is 0 Å². The van der Waals surface area contributed by atoms with Gasteiger partial charge in [-0.15, -0.1) is 0 Å². The third kappa shape index (κ3) is 3.05. The Kier molecular flexibility index (Phi) is 4.44. The summed E-state index contributed by atoms with van der Waals surface area (Å²) < 4.78 is 2.50. The third-order valence-electron chi connectivity index (χ3n) is 6.18. The number of hydrogen-bond acceptors (Lipinski definition) is 4. The SMILES string of the molecule is O=c1/c(=C\c2ccc(O)cc2)sc2n1C(c1ccccc1)C1=C(N=2)c2ccccc2CC1. The summed E-state index contributed by atoms with van der Waals surface area (Å²) in [6.45, 7) is 0. The van der Waals surface area contributed by atoms with Crippen molar-refractivity contribution in [2.45, 2.75) is 18.9 Å². The molecule has 0 amide bonds. The maximum absolute atomic E-state index is 13.6. The summed E-state index contributed by atoms with van der Waals surface area (Å²) in [5.74, 6) is 0.207. The summed E-state index contributed by atoms with van der Waals surface area (Å²) in [6, 6.07) is 25.4. The van der Waals surface area contributed by atoms with Crippen LogP contribution in [0, 0.1) is 0 Å². The van der Waals surface area contributed by atoms with Crippen LogP contribution in [-0.2, 0) is 6.42 Å². The highest BCUT2D eigenvalue weighted by molar-refractivity contribution is 7.07. The van der Waals surface area contributed by atoms with Gasteiger partial charge in [0.1, 0.15) is 5.75 Å². The van der Waals surface area contributed by atoms with Crippen LogP contribution in [0.2, 0.25) is 0 Å². The Morgan fingerprint density at radius 3 is 2.50 bits per heavy atom. The summed E-state index contributed by atoms with van der Waals surface area (Å²) in [6.07, 6.45) is 3.71. The standard InChI is InChI=1S/C27H20N2O2S/c30-20-13-10-17(11-14-20)16-23-26(31)29-25(19-7-2-1-3-8-19)22-15-12-18-6-4-5-9-21(18)24(22)28-27(29)32-23/h1-11,13-14,16,25,30H,12,15H2/b23-16+. The number of nitrogens with zero attached hydrogens (tertiary/aromatic N) is 2. The first kappa shape index (κ1) is 19.0. The van der Waals surface area contributed by atoms with Crippen LogP contribution in [0.3, 0.4) is 0 Å². The van der Waals surface area contributed by atoms with E-state index in [4.69, 9.17) is 4.99 Å². The van der Waals surface area contributed by atoms with Gasteiger partial charge in [-0.3, -0.25) is 9.36 Å². The molecule has 156 valence electrons. The van der Waals surface area contributed by atoms with Crippen molar-refractivity contribution in [3.05, 3.63) is 126 Å². The smallest absolute Gasteiger partial charge is 0.271 e. The highest BCUT2D eigenvalue weighted by Crippen LogP contribution is 2.41. The number of aromatic hydroxyl groups is 1. The van der Waals surface area contributed by atoms with Crippen molar-refractivity contribution in [2.24, 2.45) is 4.99 Å². The molecular formula is C27H20N2O2S. The van der Waals surface area contributed by atoms with Crippen LogP contribution < -0.4 is 14.9 Å². The van der Waals surface area contributed by atoms with Crippen molar-refractivity contribution in [2.75, 3.05) is 0 Å². The summed E-state index contributed by atoms with van der Waals surface area (Å²) in [7, 11) is 0. The molecule has 1 atom stereocenters. The molecule has 1 aliphatic heterocycles. The van der Waals surface area contributed by atoms with Gasteiger partial charge in [0, 0.05) is 5.56 Å². The quantitative estimate of drug-likeness (QED) is 0.516. The van der Waals surface area contributed by atoms with Crippen LogP contribution >= 0.6 is 11.3 Å². The molecule has 1 aliphatic carbocycles. The van der Waals surface area contributed by atoms with E-state index in [9.17, 15) is 9.90 Å². The van der Waals surface area contributed by atoms with Crippen LogP contribution in [0.5, 0.6) is 5.75 Å². The fraction of sp³-hybridized carbons (Fsp3) is 0.111. The van der Waals surface area contributed by atoms with E-state index in [1.807, 2.05) is 41.0 Å². The fourth-order valence-electron chi connectivity index (χ4n) is 4.68. The van der Waals surface area contributed by atoms with Gasteiger partial charge in [0.25, 0.3) is 5.56 Å². The summed E-state index contributed by atoms with van der Waals surface area (Å²) >= 11 is 1.42. The monoisotopic (exact) mass is 436 g/mol. The lowest BCUT2D eigenvalue weighted by Gasteiger charge is -2.30. The second kappa shape index (κ2) is 7.46. The lowest BCUT2D eigenvalue weighted by molar-refractivity contribution is 0.475. The Morgan fingerprint density at radius 1 is 0.938 bits per heavy atom. The topological polar surface area (TPSA) is 54.6 Å². The molecule has 5 heteroatoms. The van der Waals surface area contributed by atoms with E-state index in [1.165, 1.54) is 28.0 Å². The molecule has 1 N–H and O–H groups in total. The molecule has 0 radical (unpaired) electrons. The lowest BCUT2D eigenvalue weighted by Crippen LogP contribution is -2.38. The molecule has 0 bridgehead atoms. The first-order valence-corrected chi connectivity index (χ1v) is 11.5. The number of thiazole rings is 1. The number of benzene rings is 3. The summed E-state index contributed by atoms with van der Waals surface area (Å²) in [5.41, 5.74) is 6.65. The van der Waals surface area contributed by atoms with E-state index in [0.29, 0.717) is 4.53 Å². The Balaban J connectivity index is 1.62. The average molecular weight is 437 g/mol. The largest absolute Gasteiger partial charge is 0.508 e. The number of rotatable bonds is 2. The van der Waals surface area contributed by atoms with Crippen LogP contribution in [-0.4, -0.2) is 9.67 Å². The van der Waals surface area contributed by atoms with Crippen LogP contribution in [0.25, 0.3) is 11.8 Å². The van der Waals surface area contributed by atoms with Crippen LogP contribution in [0.15, 0.2) is 94.2 Å². The predicted octanol–water partition coefficient (Wildman–Crippen LogP) is 4.02. The first-order valence-electron chi connectivity index (χ1n) is 10.7. The Bertz CT molecular complexity index is 1540. The zero-order valence-corrected chi connectivity index (χ0v) is 18.0.